The molecule has 0 aliphatic carbocycles. The topological polar surface area (TPSA) is 101 Å². The van der Waals surface area contributed by atoms with Crippen LogP contribution >= 0.6 is 0 Å². The molecule has 2 N–H and O–H groups in total. The van der Waals surface area contributed by atoms with Crippen molar-refractivity contribution < 1.29 is 19.5 Å². The van der Waals surface area contributed by atoms with Gasteiger partial charge in [-0.25, -0.2) is 9.31 Å². The van der Waals surface area contributed by atoms with Crippen LogP contribution in [0.1, 0.15) is 34.9 Å². The third kappa shape index (κ3) is 1.93. The summed E-state index contributed by atoms with van der Waals surface area (Å²) >= 11 is 0. The number of fused-ring (bicyclic) bond motifs is 1. The van der Waals surface area contributed by atoms with E-state index in [-0.39, 0.29) is 23.9 Å². The maximum Gasteiger partial charge on any atom is 0.356 e. The summed E-state index contributed by atoms with van der Waals surface area (Å²) in [4.78, 5) is 34.0. The van der Waals surface area contributed by atoms with Crippen LogP contribution in [0.4, 0.5) is 0 Å². The van der Waals surface area contributed by atoms with Crippen LogP contribution in [0.15, 0.2) is 24.3 Å². The van der Waals surface area contributed by atoms with Gasteiger partial charge in [0.1, 0.15) is 0 Å². The quantitative estimate of drug-likeness (QED) is 0.778. The fraction of sp³-hybridized carbons (Fsp3) is 0.231. The summed E-state index contributed by atoms with van der Waals surface area (Å²) in [6.07, 6.45) is 0.659. The molecule has 0 spiro atoms. The lowest BCUT2D eigenvalue weighted by Crippen LogP contribution is -2.40. The van der Waals surface area contributed by atoms with Crippen molar-refractivity contribution in [1.82, 2.24) is 14.9 Å². The molecular formula is C13H11N3O4. The Kier molecular flexibility index (Phi) is 2.74. The van der Waals surface area contributed by atoms with Gasteiger partial charge >= 0.3 is 5.97 Å². The van der Waals surface area contributed by atoms with E-state index >= 15 is 0 Å². The lowest BCUT2D eigenvalue weighted by Gasteiger charge is -2.21. The Bertz CT molecular complexity index is 734. The summed E-state index contributed by atoms with van der Waals surface area (Å²) in [6, 6.07) is 6.61. The number of carbonyl (C=O) groups is 3. The molecule has 3 heterocycles. The van der Waals surface area contributed by atoms with Gasteiger partial charge < -0.3 is 5.11 Å². The van der Waals surface area contributed by atoms with Gasteiger partial charge in [-0.15, -0.1) is 0 Å². The van der Waals surface area contributed by atoms with Gasteiger partial charge in [0, 0.05) is 6.42 Å². The molecular weight excluding hydrogens is 262 g/mol. The first kappa shape index (κ1) is 12.3. The molecule has 20 heavy (non-hydrogen) atoms. The Morgan fingerprint density at radius 2 is 2.20 bits per heavy atom. The normalized spacial score (nSPS) is 19.1. The molecule has 2 aromatic rings. The van der Waals surface area contributed by atoms with Crippen LogP contribution in [-0.2, 0) is 9.59 Å². The van der Waals surface area contributed by atoms with Crippen molar-refractivity contribution in [1.29, 1.82) is 0 Å². The number of nitrogens with zero attached hydrogens (tertiary/aromatic N) is 2. The minimum atomic E-state index is -1.12. The highest BCUT2D eigenvalue weighted by molar-refractivity contribution is 6.00. The summed E-state index contributed by atoms with van der Waals surface area (Å²) in [7, 11) is 0. The Morgan fingerprint density at radius 1 is 1.40 bits per heavy atom. The third-order valence-corrected chi connectivity index (χ3v) is 3.33. The zero-order chi connectivity index (χ0) is 14.3. The molecule has 1 aliphatic rings. The number of imide groups is 1. The molecule has 3 rings (SSSR count). The first-order valence-corrected chi connectivity index (χ1v) is 6.12. The van der Waals surface area contributed by atoms with E-state index in [1.807, 2.05) is 0 Å². The van der Waals surface area contributed by atoms with Gasteiger partial charge in [0.2, 0.25) is 11.8 Å². The molecule has 0 bridgehead atoms. The minimum Gasteiger partial charge on any atom is -0.476 e. The van der Waals surface area contributed by atoms with Gasteiger partial charge in [0.15, 0.2) is 5.69 Å². The van der Waals surface area contributed by atoms with Gasteiger partial charge in [-0.1, -0.05) is 6.07 Å². The standard InChI is InChI=1S/C13H11N3O4/c17-11-5-4-8(12(18)14-11)10-3-1-2-7-6-9(13(19)20)15-16(7)10/h1-3,6,8H,4-5H2,(H,19,20)(H,14,17,18). The zero-order valence-corrected chi connectivity index (χ0v) is 10.4. The number of nitrogens with one attached hydrogen (secondary N) is 1. The van der Waals surface area contributed by atoms with Crippen LogP contribution in [0.25, 0.3) is 5.52 Å². The van der Waals surface area contributed by atoms with E-state index in [1.165, 1.54) is 10.6 Å². The van der Waals surface area contributed by atoms with Crippen molar-refractivity contribution in [3.8, 4) is 0 Å². The Balaban J connectivity index is 2.09. The number of pyridine rings is 1. The average Bonchev–Trinajstić information content (AvgIpc) is 2.83. The highest BCUT2D eigenvalue weighted by atomic mass is 16.4. The molecule has 0 aromatic carbocycles. The van der Waals surface area contributed by atoms with E-state index in [9.17, 15) is 14.4 Å². The number of rotatable bonds is 2. The predicted molar refractivity (Wildman–Crippen MR) is 67.3 cm³/mol. The van der Waals surface area contributed by atoms with Gasteiger partial charge in [-0.05, 0) is 24.6 Å². The molecule has 2 aromatic heterocycles. The summed E-state index contributed by atoms with van der Waals surface area (Å²) in [6.45, 7) is 0. The summed E-state index contributed by atoms with van der Waals surface area (Å²) in [5.41, 5.74) is 1.11. The smallest absolute Gasteiger partial charge is 0.356 e. The Hall–Kier alpha value is -2.70. The number of piperidine rings is 1. The maximum absolute atomic E-state index is 11.9. The van der Waals surface area contributed by atoms with E-state index in [1.54, 1.807) is 18.2 Å². The monoisotopic (exact) mass is 273 g/mol. The van der Waals surface area contributed by atoms with Crippen molar-refractivity contribution >= 4 is 23.3 Å². The molecule has 1 saturated heterocycles. The molecule has 1 atom stereocenters. The highest BCUT2D eigenvalue weighted by Crippen LogP contribution is 2.25. The number of carboxylic acid groups (broad SMARTS) is 1. The minimum absolute atomic E-state index is 0.0789. The predicted octanol–water partition coefficient (Wildman–Crippen LogP) is 0.553. The number of carbonyl (C=O) groups excluding carboxylic acids is 2. The largest absolute Gasteiger partial charge is 0.476 e. The van der Waals surface area contributed by atoms with E-state index in [4.69, 9.17) is 5.11 Å². The molecule has 1 aliphatic heterocycles. The van der Waals surface area contributed by atoms with Gasteiger partial charge in [0.25, 0.3) is 0 Å². The van der Waals surface area contributed by atoms with Gasteiger partial charge in [-0.3, -0.25) is 14.9 Å². The van der Waals surface area contributed by atoms with Gasteiger partial charge in [-0.2, -0.15) is 5.10 Å². The second-order valence-corrected chi connectivity index (χ2v) is 4.63. The van der Waals surface area contributed by atoms with Crippen molar-refractivity contribution in [2.75, 3.05) is 0 Å². The molecule has 2 amide bonds. The third-order valence-electron chi connectivity index (χ3n) is 3.33. The van der Waals surface area contributed by atoms with Crippen LogP contribution < -0.4 is 5.32 Å². The molecule has 102 valence electrons. The number of aromatic nitrogens is 2. The molecule has 7 heteroatoms. The number of amides is 2. The zero-order valence-electron chi connectivity index (χ0n) is 10.4. The summed E-state index contributed by atoms with van der Waals surface area (Å²) < 4.78 is 1.45. The fourth-order valence-corrected chi connectivity index (χ4v) is 2.38. The SMILES string of the molecule is O=C1CCC(c2cccc3cc(C(=O)O)nn23)C(=O)N1. The summed E-state index contributed by atoms with van der Waals surface area (Å²) in [5, 5.41) is 15.3. The molecule has 1 fully saturated rings. The number of carboxylic acids is 1. The molecule has 0 radical (unpaired) electrons. The molecule has 1 unspecified atom stereocenters. The van der Waals surface area contributed by atoms with Crippen molar-refractivity contribution in [3.05, 3.63) is 35.7 Å². The maximum atomic E-state index is 11.9. The number of hydrogen-bond donors (Lipinski definition) is 2. The van der Waals surface area contributed by atoms with Crippen molar-refractivity contribution in [3.63, 3.8) is 0 Å². The van der Waals surface area contributed by atoms with Crippen LogP contribution in [0.3, 0.4) is 0 Å². The van der Waals surface area contributed by atoms with Gasteiger partial charge in [0.05, 0.1) is 17.1 Å². The Labute approximate surface area is 113 Å². The fourth-order valence-electron chi connectivity index (χ4n) is 2.38. The van der Waals surface area contributed by atoms with Crippen molar-refractivity contribution in [2.24, 2.45) is 0 Å². The first-order chi connectivity index (χ1) is 9.56. The van der Waals surface area contributed by atoms with Crippen LogP contribution in [0.5, 0.6) is 0 Å². The lowest BCUT2D eigenvalue weighted by atomic mass is 9.94. The summed E-state index contributed by atoms with van der Waals surface area (Å²) in [5.74, 6) is -2.29. The second kappa shape index (κ2) is 4.44. The second-order valence-electron chi connectivity index (χ2n) is 4.63. The van der Waals surface area contributed by atoms with E-state index < -0.39 is 11.9 Å². The Morgan fingerprint density at radius 3 is 2.90 bits per heavy atom. The number of aromatic carboxylic acids is 1. The highest BCUT2D eigenvalue weighted by Gasteiger charge is 2.30. The van der Waals surface area contributed by atoms with E-state index in [0.717, 1.165) is 0 Å². The van der Waals surface area contributed by atoms with Crippen LogP contribution in [0, 0.1) is 0 Å². The first-order valence-electron chi connectivity index (χ1n) is 6.12. The molecule has 7 nitrogen and oxygen atoms in total. The lowest BCUT2D eigenvalue weighted by molar-refractivity contribution is -0.134. The average molecular weight is 273 g/mol. The van der Waals surface area contributed by atoms with Crippen molar-refractivity contribution in [2.45, 2.75) is 18.8 Å². The van der Waals surface area contributed by atoms with E-state index in [0.29, 0.717) is 17.6 Å². The molecule has 0 saturated carbocycles. The van der Waals surface area contributed by atoms with Crippen LogP contribution in [-0.4, -0.2) is 32.5 Å². The number of hydrogen-bond acceptors (Lipinski definition) is 4. The van der Waals surface area contributed by atoms with E-state index in [2.05, 4.69) is 10.4 Å². The van der Waals surface area contributed by atoms with Crippen LogP contribution in [0.2, 0.25) is 0 Å².